The van der Waals surface area contributed by atoms with E-state index >= 15 is 0 Å². The molecular formula is C72H114O6. The average molecular weight is 1080 g/mol. The van der Waals surface area contributed by atoms with Crippen LogP contribution in [-0.4, -0.2) is 37.2 Å². The first-order valence-electron chi connectivity index (χ1n) is 31.5. The molecule has 0 saturated carbocycles. The van der Waals surface area contributed by atoms with E-state index in [9.17, 15) is 14.4 Å². The fraction of sp³-hybridized carbons (Fsp3) is 0.597. The lowest BCUT2D eigenvalue weighted by Crippen LogP contribution is -2.30. The van der Waals surface area contributed by atoms with Crippen LogP contribution in [0.5, 0.6) is 0 Å². The van der Waals surface area contributed by atoms with Gasteiger partial charge in [0.05, 0.1) is 0 Å². The van der Waals surface area contributed by atoms with Gasteiger partial charge in [-0.2, -0.15) is 0 Å². The Morgan fingerprint density at radius 2 is 0.500 bits per heavy atom. The molecule has 0 heterocycles. The van der Waals surface area contributed by atoms with E-state index < -0.39 is 6.10 Å². The van der Waals surface area contributed by atoms with Crippen LogP contribution in [0.3, 0.4) is 0 Å². The quantitative estimate of drug-likeness (QED) is 0.0261. The van der Waals surface area contributed by atoms with Crippen LogP contribution in [0.4, 0.5) is 0 Å². The fourth-order valence-corrected chi connectivity index (χ4v) is 8.10. The van der Waals surface area contributed by atoms with Crippen LogP contribution in [0.2, 0.25) is 0 Å². The molecule has 0 aliphatic carbocycles. The Morgan fingerprint density at radius 3 is 0.821 bits per heavy atom. The van der Waals surface area contributed by atoms with E-state index in [1.165, 1.54) is 64.2 Å². The van der Waals surface area contributed by atoms with Gasteiger partial charge in [0.2, 0.25) is 0 Å². The molecule has 0 aliphatic heterocycles. The first kappa shape index (κ1) is 73.0. The Bertz CT molecular complexity index is 1760. The fourth-order valence-electron chi connectivity index (χ4n) is 8.10. The van der Waals surface area contributed by atoms with E-state index in [0.717, 1.165) is 148 Å². The average Bonchev–Trinajstić information content (AvgIpc) is 3.44. The van der Waals surface area contributed by atoms with E-state index in [1.807, 2.05) is 0 Å². The Kier molecular flexibility index (Phi) is 60.4. The lowest BCUT2D eigenvalue weighted by Gasteiger charge is -2.18. The number of hydrogen-bond acceptors (Lipinski definition) is 6. The molecule has 0 rings (SSSR count). The third-order valence-electron chi connectivity index (χ3n) is 12.7. The molecule has 0 amide bonds. The SMILES string of the molecule is CC/C=C\C/C=C\C/C=C\C/C=C\C/C=C\C/C=C\C/C=C\C/C=C\CCCCC(=O)OCC(COC(=O)CCCCCCC/C=C\CCC)OC(=O)CCCCCCCCCCCC/C=C\C/C=C\C/C=C\C/C=C\CC. The zero-order valence-electron chi connectivity index (χ0n) is 50.1. The number of allylic oxidation sites excluding steroid dienone is 26. The van der Waals surface area contributed by atoms with Crippen molar-refractivity contribution in [2.75, 3.05) is 13.2 Å². The van der Waals surface area contributed by atoms with Crippen LogP contribution in [0, 0.1) is 0 Å². The summed E-state index contributed by atoms with van der Waals surface area (Å²) in [6, 6.07) is 0. The van der Waals surface area contributed by atoms with Gasteiger partial charge in [0.25, 0.3) is 0 Å². The van der Waals surface area contributed by atoms with Crippen LogP contribution < -0.4 is 0 Å². The molecule has 0 aromatic carbocycles. The van der Waals surface area contributed by atoms with Crippen molar-refractivity contribution in [2.45, 2.75) is 264 Å². The highest BCUT2D eigenvalue weighted by atomic mass is 16.6. The second-order valence-electron chi connectivity index (χ2n) is 20.2. The summed E-state index contributed by atoms with van der Waals surface area (Å²) in [6.45, 7) is 6.30. The van der Waals surface area contributed by atoms with E-state index in [1.54, 1.807) is 0 Å². The zero-order chi connectivity index (χ0) is 56.4. The van der Waals surface area contributed by atoms with Crippen molar-refractivity contribution >= 4 is 17.9 Å². The van der Waals surface area contributed by atoms with Crippen LogP contribution in [0.25, 0.3) is 0 Å². The number of ether oxygens (including phenoxy) is 3. The minimum absolute atomic E-state index is 0.104. The van der Waals surface area contributed by atoms with E-state index in [4.69, 9.17) is 14.2 Å². The summed E-state index contributed by atoms with van der Waals surface area (Å²) in [7, 11) is 0. The topological polar surface area (TPSA) is 78.9 Å². The van der Waals surface area contributed by atoms with Crippen LogP contribution in [-0.2, 0) is 28.6 Å². The van der Waals surface area contributed by atoms with Crippen molar-refractivity contribution in [1.82, 2.24) is 0 Å². The second-order valence-corrected chi connectivity index (χ2v) is 20.2. The largest absolute Gasteiger partial charge is 0.462 e. The third kappa shape index (κ3) is 61.9. The highest BCUT2D eigenvalue weighted by Gasteiger charge is 2.19. The van der Waals surface area contributed by atoms with Gasteiger partial charge >= 0.3 is 17.9 Å². The second kappa shape index (κ2) is 64.6. The number of carbonyl (C=O) groups excluding carboxylic acids is 3. The summed E-state index contributed by atoms with van der Waals surface area (Å²) in [5.74, 6) is -0.969. The standard InChI is InChI=1S/C72H114O6/c1-4-7-10-13-16-19-22-24-26-28-30-32-34-35-36-37-39-40-42-44-46-48-50-53-56-59-62-65-71(74)77-68-69(67-76-70(73)64-61-58-55-52-21-18-15-12-9-6-3)78-72(75)66-63-60-57-54-51-49-47-45-43-41-38-33-31-29-27-25-23-20-17-14-11-8-5-2/h7-8,10-12,15-17,19-20,24-27,30-33,35-36,39-40,44,46,50,53,69H,4-6,9,13-14,18,21-23,28-29,34,37-38,41-43,45,47-49,51-52,54-68H2,1-3H3/b10-7-,11-8-,15-12-,19-16-,20-17-,26-24-,27-25-,32-30-,33-31-,36-35-,40-39-,46-44-,53-50-. The highest BCUT2D eigenvalue weighted by Crippen LogP contribution is 2.14. The molecule has 1 unspecified atom stereocenters. The number of hydrogen-bond donors (Lipinski definition) is 0. The van der Waals surface area contributed by atoms with E-state index in [-0.39, 0.29) is 31.1 Å². The molecule has 0 spiro atoms. The smallest absolute Gasteiger partial charge is 0.306 e. The Morgan fingerprint density at radius 1 is 0.269 bits per heavy atom. The van der Waals surface area contributed by atoms with E-state index in [2.05, 4.69) is 179 Å². The third-order valence-corrected chi connectivity index (χ3v) is 12.7. The number of rotatable bonds is 55. The van der Waals surface area contributed by atoms with Crippen LogP contribution >= 0.6 is 0 Å². The molecule has 0 aliphatic rings. The Labute approximate surface area is 480 Å². The molecule has 0 aromatic rings. The number of carbonyl (C=O) groups is 3. The summed E-state index contributed by atoms with van der Waals surface area (Å²) in [5, 5.41) is 0. The normalized spacial score (nSPS) is 13.2. The van der Waals surface area contributed by atoms with Gasteiger partial charge in [-0.15, -0.1) is 0 Å². The van der Waals surface area contributed by atoms with Gasteiger partial charge in [-0.25, -0.2) is 0 Å². The van der Waals surface area contributed by atoms with Gasteiger partial charge in [-0.3, -0.25) is 14.4 Å². The Balaban J connectivity index is 4.39. The molecule has 0 bridgehead atoms. The highest BCUT2D eigenvalue weighted by molar-refractivity contribution is 5.71. The predicted molar refractivity (Wildman–Crippen MR) is 338 cm³/mol. The maximum Gasteiger partial charge on any atom is 0.306 e. The number of esters is 3. The van der Waals surface area contributed by atoms with Gasteiger partial charge in [0.15, 0.2) is 6.10 Å². The van der Waals surface area contributed by atoms with E-state index in [0.29, 0.717) is 25.7 Å². The van der Waals surface area contributed by atoms with Crippen LogP contribution in [0.15, 0.2) is 158 Å². The van der Waals surface area contributed by atoms with Crippen molar-refractivity contribution in [2.24, 2.45) is 0 Å². The molecule has 0 saturated heterocycles. The first-order valence-corrected chi connectivity index (χ1v) is 31.5. The molecule has 438 valence electrons. The van der Waals surface area contributed by atoms with Crippen LogP contribution in [0.1, 0.15) is 258 Å². The zero-order valence-corrected chi connectivity index (χ0v) is 50.1. The molecule has 0 radical (unpaired) electrons. The summed E-state index contributed by atoms with van der Waals surface area (Å²) in [6.07, 6.45) is 94.0. The van der Waals surface area contributed by atoms with Crippen molar-refractivity contribution in [1.29, 1.82) is 0 Å². The number of unbranched alkanes of at least 4 members (excludes halogenated alkanes) is 18. The van der Waals surface area contributed by atoms with Gasteiger partial charge in [-0.1, -0.05) is 256 Å². The molecule has 6 nitrogen and oxygen atoms in total. The van der Waals surface area contributed by atoms with Gasteiger partial charge in [-0.05, 0) is 141 Å². The monoisotopic (exact) mass is 1070 g/mol. The molecule has 6 heteroatoms. The van der Waals surface area contributed by atoms with Gasteiger partial charge in [0.1, 0.15) is 13.2 Å². The summed E-state index contributed by atoms with van der Waals surface area (Å²) >= 11 is 0. The molecule has 0 aromatic heterocycles. The lowest BCUT2D eigenvalue weighted by atomic mass is 10.0. The van der Waals surface area contributed by atoms with Crippen molar-refractivity contribution in [3.63, 3.8) is 0 Å². The maximum atomic E-state index is 12.9. The lowest BCUT2D eigenvalue weighted by molar-refractivity contribution is -0.167. The molecule has 0 fully saturated rings. The summed E-state index contributed by atoms with van der Waals surface area (Å²) < 4.78 is 16.8. The molecular weight excluding hydrogens is 961 g/mol. The summed E-state index contributed by atoms with van der Waals surface area (Å²) in [5.41, 5.74) is 0. The first-order chi connectivity index (χ1) is 38.5. The van der Waals surface area contributed by atoms with Crippen molar-refractivity contribution in [3.8, 4) is 0 Å². The van der Waals surface area contributed by atoms with Crippen molar-refractivity contribution in [3.05, 3.63) is 158 Å². The van der Waals surface area contributed by atoms with Gasteiger partial charge in [0, 0.05) is 19.3 Å². The minimum atomic E-state index is -0.810. The molecule has 1 atom stereocenters. The molecule has 0 N–H and O–H groups in total. The summed E-state index contributed by atoms with van der Waals surface area (Å²) in [4.78, 5) is 38.2. The predicted octanol–water partition coefficient (Wildman–Crippen LogP) is 21.7. The maximum absolute atomic E-state index is 12.9. The van der Waals surface area contributed by atoms with Gasteiger partial charge < -0.3 is 14.2 Å². The minimum Gasteiger partial charge on any atom is -0.462 e. The Hall–Kier alpha value is -4.97. The van der Waals surface area contributed by atoms with Crippen molar-refractivity contribution < 1.29 is 28.6 Å². The molecule has 78 heavy (non-hydrogen) atoms.